The van der Waals surface area contributed by atoms with Crippen molar-refractivity contribution in [1.29, 1.82) is 0 Å². The van der Waals surface area contributed by atoms with Crippen LogP contribution in [-0.2, 0) is 21.0 Å². The number of carbonyl (C=O) groups excluding carboxylic acids is 3. The Balaban J connectivity index is 1.98. The number of ether oxygens (including phenoxy) is 1. The van der Waals surface area contributed by atoms with Gasteiger partial charge in [0.15, 0.2) is 6.61 Å². The molecule has 0 aliphatic heterocycles. The lowest BCUT2D eigenvalue weighted by Gasteiger charge is -2.16. The van der Waals surface area contributed by atoms with E-state index in [2.05, 4.69) is 10.2 Å². The van der Waals surface area contributed by atoms with Crippen molar-refractivity contribution in [2.75, 3.05) is 12.4 Å². The lowest BCUT2D eigenvalue weighted by atomic mass is 10.2. The van der Waals surface area contributed by atoms with Gasteiger partial charge in [0.2, 0.25) is 5.12 Å². The Bertz CT molecular complexity index is 888. The lowest BCUT2D eigenvalue weighted by Crippen LogP contribution is -2.43. The number of nitrogens with zero attached hydrogens (tertiary/aromatic N) is 1. The van der Waals surface area contributed by atoms with Gasteiger partial charge >= 0.3 is 11.1 Å². The van der Waals surface area contributed by atoms with Gasteiger partial charge in [-0.1, -0.05) is 54.2 Å². The second kappa shape index (κ2) is 11.6. The van der Waals surface area contributed by atoms with Crippen LogP contribution in [0.2, 0.25) is 0 Å². The summed E-state index contributed by atoms with van der Waals surface area (Å²) in [6.07, 6.45) is 0. The van der Waals surface area contributed by atoms with E-state index in [0.29, 0.717) is 16.7 Å². The van der Waals surface area contributed by atoms with E-state index in [1.807, 2.05) is 0 Å². The molecule has 2 rings (SSSR count). The number of nitrogens with one attached hydrogen (secondary N) is 1. The first kappa shape index (κ1) is 22.9. The summed E-state index contributed by atoms with van der Waals surface area (Å²) in [5.74, 6) is -1.07. The van der Waals surface area contributed by atoms with Crippen LogP contribution >= 0.6 is 11.8 Å². The fourth-order valence-corrected chi connectivity index (χ4v) is 3.19. The van der Waals surface area contributed by atoms with Crippen LogP contribution in [0.3, 0.4) is 0 Å². The molecule has 0 spiro atoms. The van der Waals surface area contributed by atoms with Crippen LogP contribution in [0.1, 0.15) is 33.2 Å². The van der Waals surface area contributed by atoms with Gasteiger partial charge in [0.25, 0.3) is 5.91 Å². The molecule has 1 atom stereocenters. The maximum Gasteiger partial charge on any atom is 0.475 e. The van der Waals surface area contributed by atoms with E-state index in [-0.39, 0.29) is 24.1 Å². The van der Waals surface area contributed by atoms with Gasteiger partial charge in [-0.3, -0.25) is 9.59 Å². The van der Waals surface area contributed by atoms with Gasteiger partial charge in [-0.15, -0.1) is 0 Å². The van der Waals surface area contributed by atoms with Crippen molar-refractivity contribution in [3.8, 4) is 0 Å². The zero-order valence-corrected chi connectivity index (χ0v) is 17.0. The van der Waals surface area contributed by atoms with Crippen molar-refractivity contribution in [3.05, 3.63) is 76.2 Å². The smallest absolute Gasteiger partial charge is 0.464 e. The second-order valence-electron chi connectivity index (χ2n) is 5.95. The molecule has 10 heteroatoms. The van der Waals surface area contributed by atoms with Gasteiger partial charge in [-0.05, 0) is 24.6 Å². The molecule has 0 aromatic heterocycles. The van der Waals surface area contributed by atoms with Gasteiger partial charge < -0.3 is 10.1 Å². The van der Waals surface area contributed by atoms with Crippen LogP contribution in [0.15, 0.2) is 54.6 Å². The van der Waals surface area contributed by atoms with Crippen molar-refractivity contribution in [2.45, 2.75) is 19.6 Å². The molecule has 0 radical (unpaired) electrons. The molecule has 0 heterocycles. The van der Waals surface area contributed by atoms with Crippen LogP contribution in [0.5, 0.6) is 0 Å². The van der Waals surface area contributed by atoms with E-state index >= 15 is 0 Å². The van der Waals surface area contributed by atoms with E-state index < -0.39 is 23.0 Å². The minimum atomic E-state index is -0.994. The molecule has 0 saturated carbocycles. The minimum Gasteiger partial charge on any atom is -0.464 e. The Labute approximate surface area is 176 Å². The van der Waals surface area contributed by atoms with Crippen molar-refractivity contribution < 1.29 is 34.3 Å². The molecular weight excluding hydrogens is 412 g/mol. The highest BCUT2D eigenvalue weighted by atomic mass is 32.2. The average Bonchev–Trinajstić information content (AvgIpc) is 2.75. The summed E-state index contributed by atoms with van der Waals surface area (Å²) in [4.78, 5) is 51.7. The molecule has 2 aromatic rings. The number of esters is 1. The summed E-state index contributed by atoms with van der Waals surface area (Å²) in [6, 6.07) is 13.6. The Morgan fingerprint density at radius 2 is 1.73 bits per heavy atom. The number of carbonyl (C=O) groups is 3. The SMILES string of the molecule is CCOC(=O)[C@H](CSC(=O)c1ccc(CO[N+](=O)O)cc1)NC(=O)c1ccccc1. The molecular formula is C20H21N2O7S+. The quantitative estimate of drug-likeness (QED) is 0.433. The van der Waals surface area contributed by atoms with Crippen molar-refractivity contribution in [2.24, 2.45) is 0 Å². The fourth-order valence-electron chi connectivity index (χ4n) is 2.35. The Morgan fingerprint density at radius 3 is 2.33 bits per heavy atom. The molecule has 0 aliphatic carbocycles. The molecule has 0 aliphatic rings. The molecule has 0 unspecified atom stereocenters. The van der Waals surface area contributed by atoms with E-state index in [1.54, 1.807) is 49.4 Å². The summed E-state index contributed by atoms with van der Waals surface area (Å²) in [7, 11) is 0. The van der Waals surface area contributed by atoms with Gasteiger partial charge in [0.05, 0.1) is 6.61 Å². The highest BCUT2D eigenvalue weighted by molar-refractivity contribution is 8.14. The topological polar surface area (TPSA) is 122 Å². The Kier molecular flexibility index (Phi) is 8.82. The Morgan fingerprint density at radius 1 is 1.07 bits per heavy atom. The summed E-state index contributed by atoms with van der Waals surface area (Å²) < 4.78 is 5.00. The number of hydrogen-bond donors (Lipinski definition) is 2. The second-order valence-corrected chi connectivity index (χ2v) is 6.94. The van der Waals surface area contributed by atoms with Gasteiger partial charge in [-0.2, -0.15) is 4.84 Å². The summed E-state index contributed by atoms with van der Waals surface area (Å²) in [5.41, 5.74) is 1.33. The number of rotatable bonds is 10. The standard InChI is InChI=1S/C20H20N2O7S/c1-2-28-19(24)17(21-18(23)15-6-4-3-5-7-15)13-30-20(25)16-10-8-14(9-11-16)12-29-22(26)27/h3-11,17H,2,12-13H2,1H3,(H-,21,23,26,27)/p+1/t17-/m0/s1. The molecule has 0 saturated heterocycles. The third-order valence-electron chi connectivity index (χ3n) is 3.82. The molecule has 30 heavy (non-hydrogen) atoms. The third-order valence-corrected chi connectivity index (χ3v) is 4.82. The normalized spacial score (nSPS) is 11.2. The first-order chi connectivity index (χ1) is 14.4. The third kappa shape index (κ3) is 7.21. The number of amides is 1. The zero-order valence-electron chi connectivity index (χ0n) is 16.1. The van der Waals surface area contributed by atoms with Crippen molar-refractivity contribution >= 4 is 28.8 Å². The lowest BCUT2D eigenvalue weighted by molar-refractivity contribution is -0.979. The monoisotopic (exact) mass is 433 g/mol. The van der Waals surface area contributed by atoms with E-state index in [0.717, 1.165) is 11.8 Å². The summed E-state index contributed by atoms with van der Waals surface area (Å²) in [5, 5.41) is 10.1. The summed E-state index contributed by atoms with van der Waals surface area (Å²) >= 11 is 0.869. The first-order valence-corrected chi connectivity index (χ1v) is 9.97. The van der Waals surface area contributed by atoms with Gasteiger partial charge in [-0.25, -0.2) is 10.0 Å². The molecule has 1 amide bonds. The van der Waals surface area contributed by atoms with Crippen LogP contribution in [0, 0.1) is 4.91 Å². The average molecular weight is 433 g/mol. The van der Waals surface area contributed by atoms with Crippen LogP contribution < -0.4 is 5.32 Å². The predicted molar refractivity (Wildman–Crippen MR) is 108 cm³/mol. The van der Waals surface area contributed by atoms with E-state index in [1.165, 1.54) is 12.1 Å². The number of hydrogen-bond acceptors (Lipinski definition) is 7. The molecule has 158 valence electrons. The van der Waals surface area contributed by atoms with Crippen LogP contribution in [0.4, 0.5) is 0 Å². The molecule has 2 aromatic carbocycles. The molecule has 9 nitrogen and oxygen atoms in total. The van der Waals surface area contributed by atoms with Crippen LogP contribution in [-0.4, -0.2) is 45.7 Å². The highest BCUT2D eigenvalue weighted by Gasteiger charge is 2.24. The maximum absolute atomic E-state index is 12.4. The van der Waals surface area contributed by atoms with Gasteiger partial charge in [0.1, 0.15) is 10.9 Å². The zero-order chi connectivity index (χ0) is 21.9. The number of thioether (sulfide) groups is 1. The van der Waals surface area contributed by atoms with Gasteiger partial charge in [0, 0.05) is 16.9 Å². The Hall–Kier alpha value is -3.40. The van der Waals surface area contributed by atoms with Crippen molar-refractivity contribution in [3.63, 3.8) is 0 Å². The largest absolute Gasteiger partial charge is 0.475 e. The first-order valence-electron chi connectivity index (χ1n) is 8.98. The number of benzene rings is 2. The van der Waals surface area contributed by atoms with E-state index in [4.69, 9.17) is 9.94 Å². The molecule has 2 N–H and O–H groups in total. The minimum absolute atomic E-state index is 0.00322. The molecule has 0 fully saturated rings. The summed E-state index contributed by atoms with van der Waals surface area (Å²) in [6.45, 7) is 1.64. The fraction of sp³-hybridized carbons (Fsp3) is 0.250. The molecule has 0 bridgehead atoms. The highest BCUT2D eigenvalue weighted by Crippen LogP contribution is 2.16. The van der Waals surface area contributed by atoms with Crippen LogP contribution in [0.25, 0.3) is 0 Å². The van der Waals surface area contributed by atoms with E-state index in [9.17, 15) is 19.3 Å². The predicted octanol–water partition coefficient (Wildman–Crippen LogP) is 2.52. The van der Waals surface area contributed by atoms with Crippen molar-refractivity contribution in [1.82, 2.24) is 5.32 Å². The maximum atomic E-state index is 12.4.